The van der Waals surface area contributed by atoms with E-state index in [1.165, 1.54) is 5.56 Å². The number of ether oxygens (including phenoxy) is 1. The van der Waals surface area contributed by atoms with E-state index in [0.717, 1.165) is 48.5 Å². The molecule has 0 atom stereocenters. The maximum absolute atomic E-state index is 12.6. The van der Waals surface area contributed by atoms with E-state index in [9.17, 15) is 4.79 Å². The normalized spacial score (nSPS) is 14.9. The fourth-order valence-corrected chi connectivity index (χ4v) is 3.55. The lowest BCUT2D eigenvalue weighted by atomic mass is 9.95. The van der Waals surface area contributed by atoms with E-state index in [-0.39, 0.29) is 11.8 Å². The summed E-state index contributed by atoms with van der Waals surface area (Å²) in [5.74, 6) is 1.36. The quantitative estimate of drug-likeness (QED) is 0.750. The summed E-state index contributed by atoms with van der Waals surface area (Å²) in [5, 5.41) is 3.03. The standard InChI is InChI=1S/C22H24N4O2/c1-15-7-9-17(10-8-15)23-21(27)16-11-13-26(14-12-16)20-22(28-2)25-19-6-4-3-5-18(19)24-20/h3-10,16H,11-14H2,1-2H3,(H,23,27). The monoisotopic (exact) mass is 376 g/mol. The van der Waals surface area contributed by atoms with Crippen LogP contribution in [-0.2, 0) is 4.79 Å². The molecule has 0 spiro atoms. The molecule has 4 rings (SSSR count). The number of hydrogen-bond donors (Lipinski definition) is 1. The van der Waals surface area contributed by atoms with E-state index in [4.69, 9.17) is 9.72 Å². The van der Waals surface area contributed by atoms with E-state index in [2.05, 4.69) is 15.2 Å². The predicted molar refractivity (Wildman–Crippen MR) is 111 cm³/mol. The van der Waals surface area contributed by atoms with Crippen molar-refractivity contribution in [1.29, 1.82) is 0 Å². The fraction of sp³-hybridized carbons (Fsp3) is 0.318. The topological polar surface area (TPSA) is 67.4 Å². The molecule has 1 amide bonds. The van der Waals surface area contributed by atoms with Crippen molar-refractivity contribution in [3.8, 4) is 5.88 Å². The number of nitrogens with zero attached hydrogens (tertiary/aromatic N) is 3. The number of nitrogens with one attached hydrogen (secondary N) is 1. The molecule has 1 aromatic heterocycles. The largest absolute Gasteiger partial charge is 0.478 e. The van der Waals surface area contributed by atoms with Crippen LogP contribution in [0.3, 0.4) is 0 Å². The average molecular weight is 376 g/mol. The summed E-state index contributed by atoms with van der Waals surface area (Å²) in [6.07, 6.45) is 1.55. The second kappa shape index (κ2) is 7.84. The molecule has 0 bridgehead atoms. The van der Waals surface area contributed by atoms with Crippen LogP contribution >= 0.6 is 0 Å². The maximum Gasteiger partial charge on any atom is 0.257 e. The number of rotatable bonds is 4. The molecule has 3 aromatic rings. The number of fused-ring (bicyclic) bond motifs is 1. The molecule has 2 aromatic carbocycles. The van der Waals surface area contributed by atoms with Crippen molar-refractivity contribution in [3.63, 3.8) is 0 Å². The van der Waals surface area contributed by atoms with Gasteiger partial charge in [-0.1, -0.05) is 29.8 Å². The number of para-hydroxylation sites is 2. The number of piperidine rings is 1. The molecule has 144 valence electrons. The molecule has 1 saturated heterocycles. The molecule has 0 unspecified atom stereocenters. The molecular formula is C22H24N4O2. The lowest BCUT2D eigenvalue weighted by Crippen LogP contribution is -2.38. The Morgan fingerprint density at radius 3 is 2.32 bits per heavy atom. The average Bonchev–Trinajstić information content (AvgIpc) is 2.74. The van der Waals surface area contributed by atoms with Gasteiger partial charge in [0.15, 0.2) is 5.82 Å². The zero-order valence-corrected chi connectivity index (χ0v) is 16.2. The van der Waals surface area contributed by atoms with Crippen molar-refractivity contribution in [2.24, 2.45) is 5.92 Å². The maximum atomic E-state index is 12.6. The number of benzene rings is 2. The van der Waals surface area contributed by atoms with Crippen molar-refractivity contribution in [2.45, 2.75) is 19.8 Å². The van der Waals surface area contributed by atoms with Gasteiger partial charge in [-0.05, 0) is 44.0 Å². The molecular weight excluding hydrogens is 352 g/mol. The highest BCUT2D eigenvalue weighted by Crippen LogP contribution is 2.30. The first-order chi connectivity index (χ1) is 13.6. The second-order valence-electron chi connectivity index (χ2n) is 7.16. The molecule has 28 heavy (non-hydrogen) atoms. The number of aromatic nitrogens is 2. The Morgan fingerprint density at radius 1 is 1.04 bits per heavy atom. The van der Waals surface area contributed by atoms with Gasteiger partial charge in [-0.25, -0.2) is 9.97 Å². The number of carbonyl (C=O) groups is 1. The van der Waals surface area contributed by atoms with E-state index in [1.807, 2.05) is 55.5 Å². The molecule has 2 heterocycles. The molecule has 0 radical (unpaired) electrons. The SMILES string of the molecule is COc1nc2ccccc2nc1N1CCC(C(=O)Nc2ccc(C)cc2)CC1. The van der Waals surface area contributed by atoms with E-state index in [0.29, 0.717) is 5.88 Å². The fourth-order valence-electron chi connectivity index (χ4n) is 3.55. The highest BCUT2D eigenvalue weighted by atomic mass is 16.5. The smallest absolute Gasteiger partial charge is 0.257 e. The predicted octanol–water partition coefficient (Wildman–Crippen LogP) is 3.80. The van der Waals surface area contributed by atoms with Gasteiger partial charge in [-0.2, -0.15) is 0 Å². The molecule has 1 N–H and O–H groups in total. The third kappa shape index (κ3) is 3.76. The molecule has 1 aliphatic heterocycles. The van der Waals surface area contributed by atoms with Crippen molar-refractivity contribution < 1.29 is 9.53 Å². The summed E-state index contributed by atoms with van der Waals surface area (Å²) in [5.41, 5.74) is 3.69. The molecule has 0 saturated carbocycles. The van der Waals surface area contributed by atoms with Gasteiger partial charge in [0.1, 0.15) is 0 Å². The molecule has 6 nitrogen and oxygen atoms in total. The first-order valence-electron chi connectivity index (χ1n) is 9.57. The Labute approximate surface area is 164 Å². The Balaban J connectivity index is 1.44. The Morgan fingerprint density at radius 2 is 1.68 bits per heavy atom. The van der Waals surface area contributed by atoms with Gasteiger partial charge < -0.3 is 15.0 Å². The van der Waals surface area contributed by atoms with Crippen LogP contribution in [0.5, 0.6) is 5.88 Å². The molecule has 6 heteroatoms. The van der Waals surface area contributed by atoms with Gasteiger partial charge in [-0.15, -0.1) is 0 Å². The van der Waals surface area contributed by atoms with Gasteiger partial charge in [0, 0.05) is 24.7 Å². The minimum absolute atomic E-state index is 0.00281. The van der Waals surface area contributed by atoms with Crippen molar-refractivity contribution in [3.05, 3.63) is 54.1 Å². The number of anilines is 2. The van der Waals surface area contributed by atoms with Crippen LogP contribution in [0.15, 0.2) is 48.5 Å². The highest BCUT2D eigenvalue weighted by Gasteiger charge is 2.27. The van der Waals surface area contributed by atoms with Crippen molar-refractivity contribution in [2.75, 3.05) is 30.4 Å². The zero-order valence-electron chi connectivity index (χ0n) is 16.2. The minimum atomic E-state index is -0.00281. The number of methoxy groups -OCH3 is 1. The van der Waals surface area contributed by atoms with Crippen molar-refractivity contribution >= 4 is 28.4 Å². The number of hydrogen-bond acceptors (Lipinski definition) is 5. The van der Waals surface area contributed by atoms with Crippen LogP contribution in [0, 0.1) is 12.8 Å². The number of carbonyl (C=O) groups excluding carboxylic acids is 1. The van der Waals surface area contributed by atoms with Gasteiger partial charge >= 0.3 is 0 Å². The first kappa shape index (κ1) is 18.2. The highest BCUT2D eigenvalue weighted by molar-refractivity contribution is 5.92. The van der Waals surface area contributed by atoms with Crippen LogP contribution in [0.2, 0.25) is 0 Å². The summed E-state index contributed by atoms with van der Waals surface area (Å²) >= 11 is 0. The van der Waals surface area contributed by atoms with E-state index in [1.54, 1.807) is 7.11 Å². The van der Waals surface area contributed by atoms with Crippen LogP contribution in [-0.4, -0.2) is 36.1 Å². The Hall–Kier alpha value is -3.15. The van der Waals surface area contributed by atoms with Gasteiger partial charge in [0.05, 0.1) is 18.1 Å². The van der Waals surface area contributed by atoms with Gasteiger partial charge in [0.2, 0.25) is 5.91 Å². The summed E-state index contributed by atoms with van der Waals surface area (Å²) in [6, 6.07) is 15.7. The van der Waals surface area contributed by atoms with Crippen LogP contribution in [0.25, 0.3) is 11.0 Å². The van der Waals surface area contributed by atoms with Crippen molar-refractivity contribution in [1.82, 2.24) is 9.97 Å². The van der Waals surface area contributed by atoms with Gasteiger partial charge in [-0.3, -0.25) is 4.79 Å². The summed E-state index contributed by atoms with van der Waals surface area (Å²) in [7, 11) is 1.62. The van der Waals surface area contributed by atoms with Crippen LogP contribution < -0.4 is 15.0 Å². The molecule has 0 aliphatic carbocycles. The summed E-state index contributed by atoms with van der Waals surface area (Å²) in [4.78, 5) is 24.1. The summed E-state index contributed by atoms with van der Waals surface area (Å²) in [6.45, 7) is 3.52. The number of aryl methyl sites for hydroxylation is 1. The minimum Gasteiger partial charge on any atom is -0.478 e. The third-order valence-corrected chi connectivity index (χ3v) is 5.20. The lowest BCUT2D eigenvalue weighted by molar-refractivity contribution is -0.120. The molecule has 1 aliphatic rings. The number of amides is 1. The molecule has 1 fully saturated rings. The third-order valence-electron chi connectivity index (χ3n) is 5.20. The zero-order chi connectivity index (χ0) is 19.5. The van der Waals surface area contributed by atoms with E-state index < -0.39 is 0 Å². The van der Waals surface area contributed by atoms with Crippen LogP contribution in [0.1, 0.15) is 18.4 Å². The summed E-state index contributed by atoms with van der Waals surface area (Å²) < 4.78 is 5.48. The van der Waals surface area contributed by atoms with Gasteiger partial charge in [0.25, 0.3) is 5.88 Å². The Bertz CT molecular complexity index is 979. The lowest BCUT2D eigenvalue weighted by Gasteiger charge is -2.32. The first-order valence-corrected chi connectivity index (χ1v) is 9.57. The van der Waals surface area contributed by atoms with Crippen LogP contribution in [0.4, 0.5) is 11.5 Å². The second-order valence-corrected chi connectivity index (χ2v) is 7.16. The Kier molecular flexibility index (Phi) is 5.10. The van der Waals surface area contributed by atoms with E-state index >= 15 is 0 Å².